The Morgan fingerprint density at radius 1 is 1.26 bits per heavy atom. The Bertz CT molecular complexity index is 761. The normalized spacial score (nSPS) is 17.3. The standard InChI is InChI=1S/C18H24FN3O4S/c1-17(2,3)26-16(25)22-18(4,5)15(24)21-12-9-27-13-8-10(19)6-7-11(13)20-14(12)23/h6-8,12H,9H2,1-5H3,(H,20,23)(H,21,24)(H,22,25)/t12-/m1/s1. The van der Waals surface area contributed by atoms with Crippen LogP contribution in [0.5, 0.6) is 0 Å². The maximum absolute atomic E-state index is 13.4. The van der Waals surface area contributed by atoms with Gasteiger partial charge in [0.2, 0.25) is 11.8 Å². The van der Waals surface area contributed by atoms with Gasteiger partial charge in [0.05, 0.1) is 5.69 Å². The molecule has 1 heterocycles. The maximum atomic E-state index is 13.4. The highest BCUT2D eigenvalue weighted by Gasteiger charge is 2.35. The van der Waals surface area contributed by atoms with Crippen molar-refractivity contribution < 1.29 is 23.5 Å². The third kappa shape index (κ3) is 5.85. The SMILES string of the molecule is CC(C)(C)OC(=O)NC(C)(C)C(=O)N[C@@H]1CSc2cc(F)ccc2NC1=O. The number of halogens is 1. The summed E-state index contributed by atoms with van der Waals surface area (Å²) in [6.45, 7) is 8.17. The topological polar surface area (TPSA) is 96.5 Å². The van der Waals surface area contributed by atoms with E-state index in [0.717, 1.165) is 0 Å². The number of anilines is 1. The zero-order valence-corrected chi connectivity index (χ0v) is 16.8. The van der Waals surface area contributed by atoms with E-state index in [-0.39, 0.29) is 5.75 Å². The number of ether oxygens (including phenoxy) is 1. The largest absolute Gasteiger partial charge is 0.444 e. The summed E-state index contributed by atoms with van der Waals surface area (Å²) in [5.41, 5.74) is -1.50. The van der Waals surface area contributed by atoms with Crippen molar-refractivity contribution in [3.63, 3.8) is 0 Å². The van der Waals surface area contributed by atoms with Gasteiger partial charge in [0, 0.05) is 10.6 Å². The Morgan fingerprint density at radius 2 is 1.93 bits per heavy atom. The minimum Gasteiger partial charge on any atom is -0.444 e. The number of amides is 3. The first-order chi connectivity index (χ1) is 12.4. The minimum atomic E-state index is -1.29. The van der Waals surface area contributed by atoms with Crippen LogP contribution in [0.1, 0.15) is 34.6 Å². The molecular formula is C18H24FN3O4S. The van der Waals surface area contributed by atoms with Crippen molar-refractivity contribution in [2.24, 2.45) is 0 Å². The molecule has 1 aliphatic heterocycles. The van der Waals surface area contributed by atoms with E-state index in [2.05, 4.69) is 16.0 Å². The summed E-state index contributed by atoms with van der Waals surface area (Å²) < 4.78 is 18.5. The monoisotopic (exact) mass is 397 g/mol. The van der Waals surface area contributed by atoms with Crippen molar-refractivity contribution in [2.75, 3.05) is 11.1 Å². The van der Waals surface area contributed by atoms with Crippen LogP contribution in [0.15, 0.2) is 23.1 Å². The van der Waals surface area contributed by atoms with Crippen molar-refractivity contribution in [1.29, 1.82) is 0 Å². The van der Waals surface area contributed by atoms with Gasteiger partial charge in [-0.2, -0.15) is 0 Å². The number of alkyl carbamates (subject to hydrolysis) is 1. The molecule has 0 radical (unpaired) electrons. The zero-order chi connectivity index (χ0) is 20.4. The van der Waals surface area contributed by atoms with Crippen LogP contribution in [-0.2, 0) is 14.3 Å². The van der Waals surface area contributed by atoms with Crippen LogP contribution in [0.25, 0.3) is 0 Å². The van der Waals surface area contributed by atoms with Crippen LogP contribution in [0.3, 0.4) is 0 Å². The maximum Gasteiger partial charge on any atom is 0.408 e. The second-order valence-electron chi connectivity index (χ2n) is 7.72. The lowest BCUT2D eigenvalue weighted by molar-refractivity contribution is -0.130. The van der Waals surface area contributed by atoms with Crippen molar-refractivity contribution >= 4 is 35.4 Å². The molecule has 9 heteroatoms. The van der Waals surface area contributed by atoms with Gasteiger partial charge < -0.3 is 20.7 Å². The lowest BCUT2D eigenvalue weighted by Gasteiger charge is -2.29. The average Bonchev–Trinajstić information content (AvgIpc) is 2.64. The fourth-order valence-electron chi connectivity index (χ4n) is 2.25. The second kappa shape index (κ2) is 7.75. The molecule has 1 aromatic rings. The number of benzene rings is 1. The molecule has 0 spiro atoms. The van der Waals surface area contributed by atoms with Crippen LogP contribution >= 0.6 is 11.8 Å². The van der Waals surface area contributed by atoms with E-state index in [1.54, 1.807) is 20.8 Å². The fraction of sp³-hybridized carbons (Fsp3) is 0.500. The van der Waals surface area contributed by atoms with Gasteiger partial charge in [-0.15, -0.1) is 11.8 Å². The molecule has 7 nitrogen and oxygen atoms in total. The number of fused-ring (bicyclic) bond motifs is 1. The molecule has 1 aliphatic rings. The molecule has 0 bridgehead atoms. The first kappa shape index (κ1) is 21.0. The molecular weight excluding hydrogens is 373 g/mol. The van der Waals surface area contributed by atoms with E-state index in [4.69, 9.17) is 4.74 Å². The number of rotatable bonds is 3. The quantitative estimate of drug-likeness (QED) is 0.729. The second-order valence-corrected chi connectivity index (χ2v) is 8.78. The predicted octanol–water partition coefficient (Wildman–Crippen LogP) is 2.66. The summed E-state index contributed by atoms with van der Waals surface area (Å²) in [7, 11) is 0. The summed E-state index contributed by atoms with van der Waals surface area (Å²) in [4.78, 5) is 37.5. The predicted molar refractivity (Wildman–Crippen MR) is 101 cm³/mol. The van der Waals surface area contributed by atoms with Gasteiger partial charge in [-0.3, -0.25) is 9.59 Å². The molecule has 148 valence electrons. The molecule has 1 aromatic carbocycles. The Kier molecular flexibility index (Phi) is 6.04. The number of thioether (sulfide) groups is 1. The van der Waals surface area contributed by atoms with Gasteiger partial charge in [-0.25, -0.2) is 9.18 Å². The van der Waals surface area contributed by atoms with Crippen molar-refractivity contribution in [3.05, 3.63) is 24.0 Å². The zero-order valence-electron chi connectivity index (χ0n) is 15.9. The Morgan fingerprint density at radius 3 is 2.56 bits per heavy atom. The van der Waals surface area contributed by atoms with Gasteiger partial charge in [0.25, 0.3) is 0 Å². The van der Waals surface area contributed by atoms with Crippen LogP contribution < -0.4 is 16.0 Å². The molecule has 3 amide bonds. The van der Waals surface area contributed by atoms with Gasteiger partial charge in [-0.1, -0.05) is 0 Å². The van der Waals surface area contributed by atoms with Crippen molar-refractivity contribution in [3.8, 4) is 0 Å². The molecule has 1 atom stereocenters. The number of hydrogen-bond acceptors (Lipinski definition) is 5. The Hall–Kier alpha value is -2.29. The number of carbonyl (C=O) groups excluding carboxylic acids is 3. The lowest BCUT2D eigenvalue weighted by Crippen LogP contribution is -2.59. The summed E-state index contributed by atoms with van der Waals surface area (Å²) >= 11 is 1.26. The van der Waals surface area contributed by atoms with Crippen molar-refractivity contribution in [2.45, 2.75) is 56.7 Å². The minimum absolute atomic E-state index is 0.233. The Balaban J connectivity index is 2.02. The molecule has 0 fully saturated rings. The smallest absolute Gasteiger partial charge is 0.408 e. The van der Waals surface area contributed by atoms with Gasteiger partial charge in [-0.05, 0) is 52.8 Å². The molecule has 0 aromatic heterocycles. The molecule has 0 unspecified atom stereocenters. The van der Waals surface area contributed by atoms with Crippen LogP contribution in [-0.4, -0.2) is 40.8 Å². The van der Waals surface area contributed by atoms with Crippen LogP contribution in [0.4, 0.5) is 14.9 Å². The average molecular weight is 397 g/mol. The molecule has 27 heavy (non-hydrogen) atoms. The van der Waals surface area contributed by atoms with E-state index >= 15 is 0 Å². The highest BCUT2D eigenvalue weighted by molar-refractivity contribution is 7.99. The highest BCUT2D eigenvalue weighted by Crippen LogP contribution is 2.31. The summed E-state index contributed by atoms with van der Waals surface area (Å²) in [5.74, 6) is -1.11. The number of nitrogens with one attached hydrogen (secondary N) is 3. The van der Waals surface area contributed by atoms with Gasteiger partial charge in [0.1, 0.15) is 23.0 Å². The summed E-state index contributed by atoms with van der Waals surface area (Å²) in [5, 5.41) is 7.80. The lowest BCUT2D eigenvalue weighted by atomic mass is 10.0. The number of carbonyl (C=O) groups is 3. The summed E-state index contributed by atoms with van der Waals surface area (Å²) in [6.07, 6.45) is -0.731. The third-order valence-electron chi connectivity index (χ3n) is 3.61. The summed E-state index contributed by atoms with van der Waals surface area (Å²) in [6, 6.07) is 3.23. The van der Waals surface area contributed by atoms with E-state index < -0.39 is 40.9 Å². The fourth-order valence-corrected chi connectivity index (χ4v) is 3.30. The first-order valence-electron chi connectivity index (χ1n) is 8.43. The van der Waals surface area contributed by atoms with Crippen LogP contribution in [0.2, 0.25) is 0 Å². The van der Waals surface area contributed by atoms with Gasteiger partial charge >= 0.3 is 6.09 Å². The number of hydrogen-bond donors (Lipinski definition) is 3. The van der Waals surface area contributed by atoms with Crippen LogP contribution in [0, 0.1) is 5.82 Å². The first-order valence-corrected chi connectivity index (χ1v) is 9.41. The molecule has 0 saturated heterocycles. The van der Waals surface area contributed by atoms with E-state index in [9.17, 15) is 18.8 Å². The van der Waals surface area contributed by atoms with Crippen molar-refractivity contribution in [1.82, 2.24) is 10.6 Å². The molecule has 0 saturated carbocycles. The van der Waals surface area contributed by atoms with Gasteiger partial charge in [0.15, 0.2) is 0 Å². The van der Waals surface area contributed by atoms with E-state index in [1.807, 2.05) is 0 Å². The molecule has 3 N–H and O–H groups in total. The van der Waals surface area contributed by atoms with E-state index in [0.29, 0.717) is 10.6 Å². The molecule has 2 rings (SSSR count). The third-order valence-corrected chi connectivity index (χ3v) is 4.76. The highest BCUT2D eigenvalue weighted by atomic mass is 32.2. The van der Waals surface area contributed by atoms with E-state index in [1.165, 1.54) is 43.8 Å². The molecule has 0 aliphatic carbocycles. The Labute approximate surface area is 161 Å².